The molecule has 5 nitrogen and oxygen atoms in total. The fraction of sp³-hybridized carbons (Fsp3) is 0.444. The van der Waals surface area contributed by atoms with Crippen LogP contribution in [0.25, 0.3) is 5.57 Å². The number of likely N-dealkylation sites (tertiary alicyclic amines) is 1. The average Bonchev–Trinajstić information content (AvgIpc) is 2.85. The molecule has 0 amide bonds. The van der Waals surface area contributed by atoms with Gasteiger partial charge >= 0.3 is 0 Å². The Balaban J connectivity index is 0.00000306. The Kier molecular flexibility index (Phi) is 10.2. The number of nitrogens with zero attached hydrogens (tertiary/aromatic N) is 3. The lowest BCUT2D eigenvalue weighted by atomic mass is 10.00. The largest absolute Gasteiger partial charge is 0.393 e. The molecule has 6 heteroatoms. The Morgan fingerprint density at radius 2 is 1.70 bits per heavy atom. The highest BCUT2D eigenvalue weighted by molar-refractivity contribution is 14.0. The molecule has 33 heavy (non-hydrogen) atoms. The van der Waals surface area contributed by atoms with Crippen LogP contribution in [0.15, 0.2) is 65.7 Å². The first kappa shape index (κ1) is 25.7. The second-order valence-electron chi connectivity index (χ2n) is 8.79. The van der Waals surface area contributed by atoms with Gasteiger partial charge in [-0.3, -0.25) is 4.90 Å². The predicted octanol–water partition coefficient (Wildman–Crippen LogP) is 4.52. The van der Waals surface area contributed by atoms with Crippen LogP contribution in [-0.2, 0) is 13.1 Å². The monoisotopic (exact) mass is 560 g/mol. The van der Waals surface area contributed by atoms with Gasteiger partial charge in [-0.2, -0.15) is 0 Å². The summed E-state index contributed by atoms with van der Waals surface area (Å²) < 4.78 is 0. The van der Waals surface area contributed by atoms with Crippen molar-refractivity contribution in [3.8, 4) is 0 Å². The van der Waals surface area contributed by atoms with Gasteiger partial charge in [-0.25, -0.2) is 4.99 Å². The molecule has 0 aliphatic carbocycles. The summed E-state index contributed by atoms with van der Waals surface area (Å²) in [7, 11) is 0. The standard InChI is InChI=1S/C27H36N4O.HI/c1-2-28-27(31-18-12-25(13-19-31)24-6-4-3-5-7-24)29-20-22-8-10-23(11-9-22)21-30-16-14-26(32)15-17-30;/h3-12,26,32H,2,13-21H2,1H3,(H,28,29);1H. The number of guanidine groups is 1. The number of nitrogens with one attached hydrogen (secondary N) is 1. The van der Waals surface area contributed by atoms with Crippen molar-refractivity contribution in [2.45, 2.75) is 45.4 Å². The van der Waals surface area contributed by atoms with Crippen LogP contribution in [0.2, 0.25) is 0 Å². The summed E-state index contributed by atoms with van der Waals surface area (Å²) in [5, 5.41) is 13.1. The van der Waals surface area contributed by atoms with Gasteiger partial charge in [0.15, 0.2) is 5.96 Å². The molecule has 0 unspecified atom stereocenters. The molecule has 2 aliphatic rings. The van der Waals surface area contributed by atoms with Crippen LogP contribution in [0.4, 0.5) is 0 Å². The molecule has 1 saturated heterocycles. The molecule has 0 spiro atoms. The predicted molar refractivity (Wildman–Crippen MR) is 148 cm³/mol. The molecule has 4 rings (SSSR count). The maximum Gasteiger partial charge on any atom is 0.194 e. The highest BCUT2D eigenvalue weighted by atomic mass is 127. The quantitative estimate of drug-likeness (QED) is 0.310. The fourth-order valence-corrected chi connectivity index (χ4v) is 4.45. The average molecular weight is 561 g/mol. The van der Waals surface area contributed by atoms with E-state index in [-0.39, 0.29) is 30.1 Å². The van der Waals surface area contributed by atoms with Gasteiger partial charge in [-0.1, -0.05) is 60.7 Å². The maximum absolute atomic E-state index is 9.68. The summed E-state index contributed by atoms with van der Waals surface area (Å²) in [4.78, 5) is 9.69. The minimum Gasteiger partial charge on any atom is -0.393 e. The number of benzene rings is 2. The Hall–Kier alpha value is -1.90. The highest BCUT2D eigenvalue weighted by Gasteiger charge is 2.17. The van der Waals surface area contributed by atoms with Crippen molar-refractivity contribution in [3.63, 3.8) is 0 Å². The normalized spacial score (nSPS) is 17.9. The molecule has 0 aromatic heterocycles. The van der Waals surface area contributed by atoms with E-state index in [1.54, 1.807) is 0 Å². The number of hydrogen-bond donors (Lipinski definition) is 2. The zero-order valence-electron chi connectivity index (χ0n) is 19.6. The smallest absolute Gasteiger partial charge is 0.194 e. The van der Waals surface area contributed by atoms with Gasteiger partial charge in [0.2, 0.25) is 0 Å². The SMILES string of the molecule is CCNC(=NCc1ccc(CN2CCC(O)CC2)cc1)N1CC=C(c2ccccc2)CC1.I. The minimum absolute atomic E-state index is 0. The molecular weight excluding hydrogens is 523 g/mol. The van der Waals surface area contributed by atoms with Crippen molar-refractivity contribution in [2.75, 3.05) is 32.7 Å². The van der Waals surface area contributed by atoms with Crippen LogP contribution in [0.3, 0.4) is 0 Å². The second-order valence-corrected chi connectivity index (χ2v) is 8.79. The molecule has 0 atom stereocenters. The van der Waals surface area contributed by atoms with Crippen LogP contribution in [0, 0.1) is 0 Å². The third-order valence-corrected chi connectivity index (χ3v) is 6.39. The third-order valence-electron chi connectivity index (χ3n) is 6.39. The number of halogens is 1. The maximum atomic E-state index is 9.68. The summed E-state index contributed by atoms with van der Waals surface area (Å²) in [6.45, 7) is 8.47. The van der Waals surface area contributed by atoms with E-state index in [1.165, 1.54) is 22.3 Å². The molecule has 2 aliphatic heterocycles. The number of hydrogen-bond acceptors (Lipinski definition) is 3. The van der Waals surface area contributed by atoms with Crippen molar-refractivity contribution in [1.29, 1.82) is 0 Å². The van der Waals surface area contributed by atoms with Crippen LogP contribution < -0.4 is 5.32 Å². The molecule has 0 radical (unpaired) electrons. The van der Waals surface area contributed by atoms with E-state index in [2.05, 4.69) is 82.7 Å². The van der Waals surface area contributed by atoms with Crippen molar-refractivity contribution < 1.29 is 5.11 Å². The molecule has 2 heterocycles. The molecule has 2 N–H and O–H groups in total. The molecule has 178 valence electrons. The van der Waals surface area contributed by atoms with Gasteiger partial charge in [0, 0.05) is 39.3 Å². The van der Waals surface area contributed by atoms with E-state index >= 15 is 0 Å². The third kappa shape index (κ3) is 7.55. The first-order chi connectivity index (χ1) is 15.7. The Labute approximate surface area is 215 Å². The lowest BCUT2D eigenvalue weighted by molar-refractivity contribution is 0.0792. The zero-order chi connectivity index (χ0) is 22.2. The summed E-state index contributed by atoms with van der Waals surface area (Å²) in [5.41, 5.74) is 5.32. The molecular formula is C27H37IN4O. The van der Waals surface area contributed by atoms with Crippen molar-refractivity contribution in [2.24, 2.45) is 4.99 Å². The number of piperidine rings is 1. The minimum atomic E-state index is -0.113. The van der Waals surface area contributed by atoms with Crippen molar-refractivity contribution in [3.05, 3.63) is 77.4 Å². The molecule has 1 fully saturated rings. The van der Waals surface area contributed by atoms with Gasteiger partial charge in [-0.15, -0.1) is 24.0 Å². The molecule has 0 saturated carbocycles. The number of aliphatic imine (C=N–C) groups is 1. The van der Waals surface area contributed by atoms with Gasteiger partial charge in [0.05, 0.1) is 12.6 Å². The van der Waals surface area contributed by atoms with E-state index in [4.69, 9.17) is 4.99 Å². The van der Waals surface area contributed by atoms with Crippen molar-refractivity contribution in [1.82, 2.24) is 15.1 Å². The lowest BCUT2D eigenvalue weighted by Crippen LogP contribution is -2.43. The van der Waals surface area contributed by atoms with E-state index in [0.717, 1.165) is 64.5 Å². The first-order valence-electron chi connectivity index (χ1n) is 12.0. The number of aliphatic hydroxyl groups is 1. The second kappa shape index (κ2) is 13.1. The summed E-state index contributed by atoms with van der Waals surface area (Å²) >= 11 is 0. The Bertz CT molecular complexity index is 905. The fourth-order valence-electron chi connectivity index (χ4n) is 4.45. The van der Waals surface area contributed by atoms with Gasteiger partial charge in [0.25, 0.3) is 0 Å². The van der Waals surface area contributed by atoms with Crippen LogP contribution in [0.5, 0.6) is 0 Å². The van der Waals surface area contributed by atoms with E-state index in [0.29, 0.717) is 6.54 Å². The topological polar surface area (TPSA) is 51.1 Å². The van der Waals surface area contributed by atoms with E-state index < -0.39 is 0 Å². The Morgan fingerprint density at radius 3 is 2.33 bits per heavy atom. The summed E-state index contributed by atoms with van der Waals surface area (Å²) in [6.07, 6.45) is 5.03. The van der Waals surface area contributed by atoms with Crippen LogP contribution in [-0.4, -0.2) is 59.7 Å². The van der Waals surface area contributed by atoms with Crippen molar-refractivity contribution >= 4 is 35.5 Å². The lowest BCUT2D eigenvalue weighted by Gasteiger charge is -2.30. The molecule has 2 aromatic carbocycles. The summed E-state index contributed by atoms with van der Waals surface area (Å²) in [5.74, 6) is 0.992. The first-order valence-corrected chi connectivity index (χ1v) is 12.0. The van der Waals surface area contributed by atoms with Crippen LogP contribution >= 0.6 is 24.0 Å². The van der Waals surface area contributed by atoms with E-state index in [1.807, 2.05) is 0 Å². The number of rotatable bonds is 6. The molecule has 0 bridgehead atoms. The van der Waals surface area contributed by atoms with E-state index in [9.17, 15) is 5.11 Å². The van der Waals surface area contributed by atoms with Gasteiger partial charge in [-0.05, 0) is 48.4 Å². The van der Waals surface area contributed by atoms with Gasteiger partial charge < -0.3 is 15.3 Å². The highest BCUT2D eigenvalue weighted by Crippen LogP contribution is 2.22. The van der Waals surface area contributed by atoms with Gasteiger partial charge in [0.1, 0.15) is 0 Å². The summed E-state index contributed by atoms with van der Waals surface area (Å²) in [6, 6.07) is 19.5. The number of aliphatic hydroxyl groups excluding tert-OH is 1. The zero-order valence-corrected chi connectivity index (χ0v) is 21.9. The van der Waals surface area contributed by atoms with Crippen LogP contribution in [0.1, 0.15) is 42.9 Å². The molecule has 2 aromatic rings. The Morgan fingerprint density at radius 1 is 1.00 bits per heavy atom.